The van der Waals surface area contributed by atoms with Gasteiger partial charge in [0.25, 0.3) is 5.91 Å². The van der Waals surface area contributed by atoms with Gasteiger partial charge in [0.15, 0.2) is 5.83 Å². The largest absolute Gasteiger partial charge is 0.350 e. The fourth-order valence-electron chi connectivity index (χ4n) is 1.72. The Bertz CT molecular complexity index is 599. The first-order valence-electron chi connectivity index (χ1n) is 6.65. The van der Waals surface area contributed by atoms with Gasteiger partial charge in [-0.05, 0) is 24.1 Å². The molecule has 0 bridgehead atoms. The van der Waals surface area contributed by atoms with Crippen molar-refractivity contribution in [3.05, 3.63) is 77.5 Å². The van der Waals surface area contributed by atoms with E-state index in [4.69, 9.17) is 0 Å². The molecule has 0 saturated carbocycles. The number of halogens is 1. The zero-order valence-electron chi connectivity index (χ0n) is 11.5. The van der Waals surface area contributed by atoms with Crippen LogP contribution in [0.1, 0.15) is 5.56 Å². The molecule has 2 rings (SSSR count). The summed E-state index contributed by atoms with van der Waals surface area (Å²) in [6, 6.07) is 19.1. The molecular weight excluding hydrogens is 285 g/mol. The minimum Gasteiger partial charge on any atom is -0.350 e. The molecule has 2 nitrogen and oxygen atoms in total. The van der Waals surface area contributed by atoms with E-state index >= 15 is 0 Å². The summed E-state index contributed by atoms with van der Waals surface area (Å²) in [5, 5.41) is 3.80. The van der Waals surface area contributed by atoms with Gasteiger partial charge in [0, 0.05) is 16.8 Å². The molecule has 4 heteroatoms. The minimum atomic E-state index is -0.767. The molecule has 0 heterocycles. The van der Waals surface area contributed by atoms with Crippen LogP contribution in [0.4, 0.5) is 4.39 Å². The zero-order chi connectivity index (χ0) is 14.9. The average Bonchev–Trinajstić information content (AvgIpc) is 2.54. The van der Waals surface area contributed by atoms with Crippen molar-refractivity contribution in [2.75, 3.05) is 6.54 Å². The van der Waals surface area contributed by atoms with Crippen LogP contribution < -0.4 is 5.32 Å². The maximum atomic E-state index is 13.6. The van der Waals surface area contributed by atoms with Crippen LogP contribution in [0.3, 0.4) is 0 Å². The number of amides is 1. The number of hydrogen-bond donors (Lipinski definition) is 1. The predicted octanol–water partition coefficient (Wildman–Crippen LogP) is 3.95. The summed E-state index contributed by atoms with van der Waals surface area (Å²) in [5.74, 6) is -1.44. The second-order valence-electron chi connectivity index (χ2n) is 4.39. The Labute approximate surface area is 128 Å². The molecule has 1 N–H and O–H groups in total. The van der Waals surface area contributed by atoms with Crippen molar-refractivity contribution in [1.29, 1.82) is 0 Å². The number of hydrogen-bond acceptors (Lipinski definition) is 2. The Morgan fingerprint density at radius 1 is 1.05 bits per heavy atom. The highest BCUT2D eigenvalue weighted by molar-refractivity contribution is 8.02. The summed E-state index contributed by atoms with van der Waals surface area (Å²) in [5.41, 5.74) is 1.11. The maximum absolute atomic E-state index is 13.6. The van der Waals surface area contributed by atoms with Crippen molar-refractivity contribution < 1.29 is 9.18 Å². The molecule has 1 amide bonds. The molecule has 0 unspecified atom stereocenters. The Morgan fingerprint density at radius 2 is 1.67 bits per heavy atom. The average molecular weight is 301 g/mol. The molecule has 0 radical (unpaired) electrons. The van der Waals surface area contributed by atoms with Crippen LogP contribution in [0.2, 0.25) is 0 Å². The van der Waals surface area contributed by atoms with E-state index in [1.165, 1.54) is 17.2 Å². The molecule has 0 aromatic heterocycles. The first-order chi connectivity index (χ1) is 10.3. The first-order valence-corrected chi connectivity index (χ1v) is 7.53. The third-order valence-corrected chi connectivity index (χ3v) is 3.67. The summed E-state index contributed by atoms with van der Waals surface area (Å²) < 4.78 is 13.6. The SMILES string of the molecule is O=C(NCCc1ccccc1)/C(F)=C/Sc1ccccc1. The zero-order valence-corrected chi connectivity index (χ0v) is 12.3. The van der Waals surface area contributed by atoms with Crippen molar-refractivity contribution in [1.82, 2.24) is 5.32 Å². The van der Waals surface area contributed by atoms with Gasteiger partial charge in [0.1, 0.15) is 0 Å². The van der Waals surface area contributed by atoms with E-state index in [0.717, 1.165) is 10.5 Å². The molecule has 0 atom stereocenters. The normalized spacial score (nSPS) is 11.2. The lowest BCUT2D eigenvalue weighted by Gasteiger charge is -2.04. The number of carbonyl (C=O) groups is 1. The summed E-state index contributed by atoms with van der Waals surface area (Å²) in [6.07, 6.45) is 0.686. The van der Waals surface area contributed by atoms with Gasteiger partial charge < -0.3 is 5.32 Å². The van der Waals surface area contributed by atoms with Crippen molar-refractivity contribution in [3.8, 4) is 0 Å². The summed E-state index contributed by atoms with van der Waals surface area (Å²) in [4.78, 5) is 12.5. The van der Waals surface area contributed by atoms with E-state index < -0.39 is 11.7 Å². The van der Waals surface area contributed by atoms with Gasteiger partial charge in [-0.25, -0.2) is 4.39 Å². The van der Waals surface area contributed by atoms with E-state index in [1.807, 2.05) is 60.7 Å². The smallest absolute Gasteiger partial charge is 0.280 e. The number of nitrogens with one attached hydrogen (secondary N) is 1. The highest BCUT2D eigenvalue weighted by atomic mass is 32.2. The predicted molar refractivity (Wildman–Crippen MR) is 84.6 cm³/mol. The van der Waals surface area contributed by atoms with E-state index in [2.05, 4.69) is 5.32 Å². The molecule has 2 aromatic carbocycles. The molecule has 108 valence electrons. The van der Waals surface area contributed by atoms with E-state index in [9.17, 15) is 9.18 Å². The third kappa shape index (κ3) is 5.44. The second kappa shape index (κ2) is 8.27. The van der Waals surface area contributed by atoms with Gasteiger partial charge in [0.2, 0.25) is 0 Å². The van der Waals surface area contributed by atoms with Gasteiger partial charge in [-0.15, -0.1) is 0 Å². The molecule has 0 fully saturated rings. The van der Waals surface area contributed by atoms with Gasteiger partial charge in [0.05, 0.1) is 0 Å². The van der Waals surface area contributed by atoms with E-state index in [1.54, 1.807) is 0 Å². The fraction of sp³-hybridized carbons (Fsp3) is 0.118. The van der Waals surface area contributed by atoms with Gasteiger partial charge in [-0.3, -0.25) is 4.79 Å². The highest BCUT2D eigenvalue weighted by Gasteiger charge is 2.07. The Kier molecular flexibility index (Phi) is 6.03. The van der Waals surface area contributed by atoms with Gasteiger partial charge in [-0.2, -0.15) is 0 Å². The number of thioether (sulfide) groups is 1. The quantitative estimate of drug-likeness (QED) is 0.646. The van der Waals surface area contributed by atoms with Crippen LogP contribution in [-0.4, -0.2) is 12.5 Å². The number of benzene rings is 2. The Morgan fingerprint density at radius 3 is 2.33 bits per heavy atom. The lowest BCUT2D eigenvalue weighted by molar-refractivity contribution is -0.118. The third-order valence-electron chi connectivity index (χ3n) is 2.80. The summed E-state index contributed by atoms with van der Waals surface area (Å²) in [7, 11) is 0. The van der Waals surface area contributed by atoms with Crippen LogP contribution in [0.15, 0.2) is 76.8 Å². The van der Waals surface area contributed by atoms with Crippen LogP contribution in [0, 0.1) is 0 Å². The van der Waals surface area contributed by atoms with Crippen molar-refractivity contribution >= 4 is 17.7 Å². The molecule has 2 aromatic rings. The molecule has 21 heavy (non-hydrogen) atoms. The molecule has 0 saturated heterocycles. The molecule has 0 aliphatic rings. The number of carbonyl (C=O) groups excluding carboxylic acids is 1. The van der Waals surface area contributed by atoms with Crippen LogP contribution >= 0.6 is 11.8 Å². The molecule has 0 spiro atoms. The van der Waals surface area contributed by atoms with Gasteiger partial charge in [-0.1, -0.05) is 60.3 Å². The summed E-state index contributed by atoms with van der Waals surface area (Å²) in [6.45, 7) is 0.417. The molecular formula is C17H16FNOS. The topological polar surface area (TPSA) is 29.1 Å². The maximum Gasteiger partial charge on any atom is 0.280 e. The van der Waals surface area contributed by atoms with Crippen LogP contribution in [0.25, 0.3) is 0 Å². The van der Waals surface area contributed by atoms with Crippen LogP contribution in [-0.2, 0) is 11.2 Å². The van der Waals surface area contributed by atoms with E-state index in [-0.39, 0.29) is 0 Å². The van der Waals surface area contributed by atoms with Crippen LogP contribution in [0.5, 0.6) is 0 Å². The fourth-order valence-corrected chi connectivity index (χ4v) is 2.38. The lowest BCUT2D eigenvalue weighted by atomic mass is 10.1. The number of rotatable bonds is 6. The summed E-state index contributed by atoms with van der Waals surface area (Å²) >= 11 is 1.19. The van der Waals surface area contributed by atoms with Crippen molar-refractivity contribution in [3.63, 3.8) is 0 Å². The first kappa shape index (κ1) is 15.3. The minimum absolute atomic E-state index is 0.417. The monoisotopic (exact) mass is 301 g/mol. The Balaban J connectivity index is 1.77. The Hall–Kier alpha value is -2.07. The lowest BCUT2D eigenvalue weighted by Crippen LogP contribution is -2.25. The van der Waals surface area contributed by atoms with Gasteiger partial charge >= 0.3 is 0 Å². The second-order valence-corrected chi connectivity index (χ2v) is 5.33. The highest BCUT2D eigenvalue weighted by Crippen LogP contribution is 2.20. The van der Waals surface area contributed by atoms with E-state index in [0.29, 0.717) is 13.0 Å². The van der Waals surface area contributed by atoms with Crippen molar-refractivity contribution in [2.24, 2.45) is 0 Å². The molecule has 0 aliphatic heterocycles. The standard InChI is InChI=1S/C17H16FNOS/c18-16(13-21-15-9-5-2-6-10-15)17(20)19-12-11-14-7-3-1-4-8-14/h1-10,13H,11-12H2,(H,19,20)/b16-13-. The van der Waals surface area contributed by atoms with Crippen molar-refractivity contribution in [2.45, 2.75) is 11.3 Å². The molecule has 0 aliphatic carbocycles.